The molecular formula is C44H29N3. The molecule has 0 unspecified atom stereocenters. The number of hydrogen-bond acceptors (Lipinski definition) is 0. The molecule has 0 radical (unpaired) electrons. The number of para-hydroxylation sites is 4. The van der Waals surface area contributed by atoms with E-state index >= 15 is 0 Å². The van der Waals surface area contributed by atoms with Gasteiger partial charge in [-0.3, -0.25) is 0 Å². The molecule has 220 valence electrons. The van der Waals surface area contributed by atoms with Crippen LogP contribution in [0, 0.1) is 0 Å². The summed E-state index contributed by atoms with van der Waals surface area (Å²) in [7, 11) is 0. The number of nitrogens with zero attached hydrogens (tertiary/aromatic N) is 3. The molecule has 10 rings (SSSR count). The van der Waals surface area contributed by atoms with E-state index < -0.39 is 0 Å². The van der Waals surface area contributed by atoms with Gasteiger partial charge in [0.2, 0.25) is 0 Å². The number of hydrogen-bond donors (Lipinski definition) is 0. The third-order valence-corrected chi connectivity index (χ3v) is 9.66. The highest BCUT2D eigenvalue weighted by Crippen LogP contribution is 2.40. The van der Waals surface area contributed by atoms with Gasteiger partial charge < -0.3 is 13.7 Å². The average molecular weight is 600 g/mol. The van der Waals surface area contributed by atoms with E-state index in [0.29, 0.717) is 0 Å². The molecule has 0 saturated carbocycles. The summed E-state index contributed by atoms with van der Waals surface area (Å²) in [5.74, 6) is 0. The Kier molecular flexibility index (Phi) is 5.57. The van der Waals surface area contributed by atoms with E-state index in [0.717, 1.165) is 11.4 Å². The first kappa shape index (κ1) is 26.0. The highest BCUT2D eigenvalue weighted by atomic mass is 15.0. The minimum absolute atomic E-state index is 1.16. The third-order valence-electron chi connectivity index (χ3n) is 9.66. The van der Waals surface area contributed by atoms with Gasteiger partial charge in [0.15, 0.2) is 0 Å². The minimum Gasteiger partial charge on any atom is -0.316 e. The average Bonchev–Trinajstić information content (AvgIpc) is 3.82. The quantitative estimate of drug-likeness (QED) is 0.191. The zero-order chi connectivity index (χ0) is 30.9. The van der Waals surface area contributed by atoms with Crippen LogP contribution >= 0.6 is 0 Å². The van der Waals surface area contributed by atoms with Crippen molar-refractivity contribution in [1.82, 2.24) is 13.7 Å². The Morgan fingerprint density at radius 3 is 1.49 bits per heavy atom. The van der Waals surface area contributed by atoms with Gasteiger partial charge in [-0.2, -0.15) is 0 Å². The van der Waals surface area contributed by atoms with Crippen LogP contribution < -0.4 is 0 Å². The molecule has 3 heteroatoms. The van der Waals surface area contributed by atoms with Crippen LogP contribution in [0.25, 0.3) is 82.7 Å². The lowest BCUT2D eigenvalue weighted by Crippen LogP contribution is -1.94. The molecule has 3 nitrogen and oxygen atoms in total. The summed E-state index contributed by atoms with van der Waals surface area (Å²) < 4.78 is 7.09. The van der Waals surface area contributed by atoms with Gasteiger partial charge in [0.25, 0.3) is 0 Å². The molecule has 0 bridgehead atoms. The van der Waals surface area contributed by atoms with E-state index in [-0.39, 0.29) is 0 Å². The Morgan fingerprint density at radius 2 is 0.809 bits per heavy atom. The normalized spacial score (nSPS) is 11.8. The van der Waals surface area contributed by atoms with Crippen LogP contribution in [0.2, 0.25) is 0 Å². The zero-order valence-electron chi connectivity index (χ0n) is 25.6. The maximum atomic E-state index is 2.43. The SMILES string of the molecule is c1ccc(-n2ccc3c2ccc2c4cc(-c5ccc6c(c5)c5ccccc5n6-c5ccccc5)ccc4n(-c4ccccc4)c23)cc1. The number of fused-ring (bicyclic) bond motifs is 8. The summed E-state index contributed by atoms with van der Waals surface area (Å²) in [6.45, 7) is 0. The number of rotatable bonds is 4. The standard InChI is InChI=1S/C44H29N3/c1-4-12-32(13-5-1)45-27-26-37-40(45)25-22-36-39-29-31(21-24-43(39)47(44(36)37)34-16-8-3-9-17-34)30-20-23-42-38(28-30)35-18-10-11-19-41(35)46(42)33-14-6-2-7-15-33/h1-29H. The molecule has 3 heterocycles. The fourth-order valence-electron chi connectivity index (χ4n) is 7.57. The molecule has 0 aliphatic carbocycles. The molecule has 47 heavy (non-hydrogen) atoms. The molecule has 0 aliphatic heterocycles. The molecular weight excluding hydrogens is 571 g/mol. The van der Waals surface area contributed by atoms with Crippen LogP contribution in [0.3, 0.4) is 0 Å². The highest BCUT2D eigenvalue weighted by Gasteiger charge is 2.18. The Labute approximate surface area is 271 Å². The van der Waals surface area contributed by atoms with Gasteiger partial charge in [-0.05, 0) is 90.0 Å². The van der Waals surface area contributed by atoms with Crippen LogP contribution in [0.15, 0.2) is 176 Å². The van der Waals surface area contributed by atoms with Crippen molar-refractivity contribution < 1.29 is 0 Å². The molecule has 0 amide bonds. The lowest BCUT2D eigenvalue weighted by atomic mass is 10.0. The van der Waals surface area contributed by atoms with Crippen LogP contribution in [-0.4, -0.2) is 13.7 Å². The zero-order valence-corrected chi connectivity index (χ0v) is 25.6. The van der Waals surface area contributed by atoms with Crippen molar-refractivity contribution in [3.63, 3.8) is 0 Å². The van der Waals surface area contributed by atoms with Gasteiger partial charge in [-0.15, -0.1) is 0 Å². The van der Waals surface area contributed by atoms with Crippen molar-refractivity contribution in [2.24, 2.45) is 0 Å². The van der Waals surface area contributed by atoms with Crippen molar-refractivity contribution in [3.8, 4) is 28.2 Å². The van der Waals surface area contributed by atoms with Crippen LogP contribution in [-0.2, 0) is 0 Å². The van der Waals surface area contributed by atoms with Crippen LogP contribution in [0.4, 0.5) is 0 Å². The summed E-state index contributed by atoms with van der Waals surface area (Å²) in [6, 6.07) is 61.4. The molecule has 0 saturated heterocycles. The minimum atomic E-state index is 1.16. The largest absolute Gasteiger partial charge is 0.316 e. The summed E-state index contributed by atoms with van der Waals surface area (Å²) in [5, 5.41) is 6.27. The van der Waals surface area contributed by atoms with E-state index in [1.165, 1.54) is 71.3 Å². The maximum absolute atomic E-state index is 2.43. The molecule has 0 spiro atoms. The molecule has 3 aromatic heterocycles. The predicted molar refractivity (Wildman–Crippen MR) is 197 cm³/mol. The predicted octanol–water partition coefficient (Wildman–Crippen LogP) is 11.5. The van der Waals surface area contributed by atoms with E-state index in [1.807, 2.05) is 0 Å². The summed E-state index contributed by atoms with van der Waals surface area (Å²) in [6.07, 6.45) is 2.19. The summed E-state index contributed by atoms with van der Waals surface area (Å²) >= 11 is 0. The smallest absolute Gasteiger partial charge is 0.0635 e. The summed E-state index contributed by atoms with van der Waals surface area (Å²) in [4.78, 5) is 0. The topological polar surface area (TPSA) is 14.8 Å². The Hall–Kier alpha value is -6.32. The maximum Gasteiger partial charge on any atom is 0.0635 e. The van der Waals surface area contributed by atoms with Crippen molar-refractivity contribution >= 4 is 54.5 Å². The second kappa shape index (κ2) is 10.1. The van der Waals surface area contributed by atoms with Gasteiger partial charge in [-0.25, -0.2) is 0 Å². The Morgan fingerprint density at radius 1 is 0.298 bits per heavy atom. The van der Waals surface area contributed by atoms with Gasteiger partial charge in [-0.1, -0.05) is 91.0 Å². The fourth-order valence-corrected chi connectivity index (χ4v) is 7.57. The Bertz CT molecular complexity index is 2760. The van der Waals surface area contributed by atoms with Gasteiger partial charge >= 0.3 is 0 Å². The van der Waals surface area contributed by atoms with Crippen molar-refractivity contribution in [2.75, 3.05) is 0 Å². The van der Waals surface area contributed by atoms with Gasteiger partial charge in [0.1, 0.15) is 0 Å². The van der Waals surface area contributed by atoms with Crippen molar-refractivity contribution in [3.05, 3.63) is 176 Å². The second-order valence-corrected chi connectivity index (χ2v) is 12.2. The number of aromatic nitrogens is 3. The van der Waals surface area contributed by atoms with Gasteiger partial charge in [0.05, 0.1) is 27.6 Å². The van der Waals surface area contributed by atoms with Crippen molar-refractivity contribution in [2.45, 2.75) is 0 Å². The van der Waals surface area contributed by atoms with Crippen molar-refractivity contribution in [1.29, 1.82) is 0 Å². The molecule has 0 atom stereocenters. The van der Waals surface area contributed by atoms with Gasteiger partial charge in [0, 0.05) is 50.2 Å². The number of benzene rings is 7. The molecule has 0 aliphatic rings. The third kappa shape index (κ3) is 3.87. The first-order chi connectivity index (χ1) is 23.3. The Balaban J connectivity index is 1.21. The lowest BCUT2D eigenvalue weighted by molar-refractivity contribution is 1.13. The molecule has 10 aromatic rings. The van der Waals surface area contributed by atoms with E-state index in [2.05, 4.69) is 190 Å². The second-order valence-electron chi connectivity index (χ2n) is 12.2. The summed E-state index contributed by atoms with van der Waals surface area (Å²) in [5.41, 5.74) is 12.0. The van der Waals surface area contributed by atoms with Crippen LogP contribution in [0.5, 0.6) is 0 Å². The molecule has 0 fully saturated rings. The van der Waals surface area contributed by atoms with E-state index in [9.17, 15) is 0 Å². The molecule has 0 N–H and O–H groups in total. The lowest BCUT2D eigenvalue weighted by Gasteiger charge is -2.10. The first-order valence-electron chi connectivity index (χ1n) is 16.1. The van der Waals surface area contributed by atoms with E-state index in [4.69, 9.17) is 0 Å². The van der Waals surface area contributed by atoms with Crippen LogP contribution in [0.1, 0.15) is 0 Å². The highest BCUT2D eigenvalue weighted by molar-refractivity contribution is 6.19. The molecule has 7 aromatic carbocycles. The monoisotopic (exact) mass is 599 g/mol. The fraction of sp³-hybridized carbons (Fsp3) is 0. The first-order valence-corrected chi connectivity index (χ1v) is 16.1. The van der Waals surface area contributed by atoms with E-state index in [1.54, 1.807) is 0 Å².